The summed E-state index contributed by atoms with van der Waals surface area (Å²) in [5.41, 5.74) is 5.12. The number of H-pyrrole nitrogens is 1. The van der Waals surface area contributed by atoms with Crippen LogP contribution in [0.1, 0.15) is 6.23 Å². The van der Waals surface area contributed by atoms with Gasteiger partial charge in [-0.25, -0.2) is 4.98 Å². The third-order valence-electron chi connectivity index (χ3n) is 3.24. The second kappa shape index (κ2) is 4.52. The monoisotopic (exact) mass is 283 g/mol. The summed E-state index contributed by atoms with van der Waals surface area (Å²) in [7, 11) is 0. The van der Waals surface area contributed by atoms with Crippen molar-refractivity contribution in [2.24, 2.45) is 0 Å². The molecule has 10 nitrogen and oxygen atoms in total. The Bertz CT molecular complexity index is 697. The van der Waals surface area contributed by atoms with E-state index in [-0.39, 0.29) is 17.1 Å². The summed E-state index contributed by atoms with van der Waals surface area (Å²) in [5.74, 6) is -0.101. The molecular weight excluding hydrogens is 270 g/mol. The van der Waals surface area contributed by atoms with E-state index >= 15 is 0 Å². The third kappa shape index (κ3) is 1.78. The highest BCUT2D eigenvalue weighted by Crippen LogP contribution is 2.30. The molecule has 1 saturated heterocycles. The molecular formula is C10H13N5O5. The van der Waals surface area contributed by atoms with E-state index in [1.54, 1.807) is 0 Å². The number of anilines is 1. The molecule has 2 aromatic heterocycles. The van der Waals surface area contributed by atoms with Gasteiger partial charge in [0.25, 0.3) is 5.56 Å². The van der Waals surface area contributed by atoms with Gasteiger partial charge >= 0.3 is 0 Å². The first-order valence-corrected chi connectivity index (χ1v) is 5.87. The van der Waals surface area contributed by atoms with Crippen LogP contribution in [0.3, 0.4) is 0 Å². The van der Waals surface area contributed by atoms with Crippen molar-refractivity contribution in [2.45, 2.75) is 24.5 Å². The molecule has 1 aliphatic heterocycles. The molecule has 0 amide bonds. The van der Waals surface area contributed by atoms with Crippen LogP contribution in [-0.4, -0.2) is 59.8 Å². The van der Waals surface area contributed by atoms with Crippen molar-refractivity contribution >= 4 is 17.1 Å². The van der Waals surface area contributed by atoms with E-state index in [0.29, 0.717) is 0 Å². The van der Waals surface area contributed by atoms with Crippen molar-refractivity contribution in [1.29, 1.82) is 0 Å². The average Bonchev–Trinajstić information content (AvgIpc) is 2.93. The molecule has 4 atom stereocenters. The molecule has 0 saturated carbocycles. The number of aromatic amines is 1. The van der Waals surface area contributed by atoms with Crippen molar-refractivity contribution in [2.75, 3.05) is 12.3 Å². The molecule has 1 aliphatic rings. The lowest BCUT2D eigenvalue weighted by Gasteiger charge is -2.16. The number of aromatic nitrogens is 4. The number of rotatable bonds is 2. The fourth-order valence-corrected chi connectivity index (χ4v) is 2.24. The molecule has 1 fully saturated rings. The normalized spacial score (nSPS) is 30.1. The number of fused-ring (bicyclic) bond motifs is 1. The molecule has 0 bridgehead atoms. The van der Waals surface area contributed by atoms with Crippen molar-refractivity contribution in [1.82, 2.24) is 19.5 Å². The maximum atomic E-state index is 11.7. The highest BCUT2D eigenvalue weighted by atomic mass is 16.6. The molecule has 3 unspecified atom stereocenters. The van der Waals surface area contributed by atoms with E-state index in [9.17, 15) is 15.0 Å². The first-order chi connectivity index (χ1) is 9.52. The third-order valence-corrected chi connectivity index (χ3v) is 3.24. The number of imidazole rings is 1. The lowest BCUT2D eigenvalue weighted by Crippen LogP contribution is -2.33. The van der Waals surface area contributed by atoms with Crippen LogP contribution in [0, 0.1) is 0 Å². The van der Waals surface area contributed by atoms with Gasteiger partial charge in [0, 0.05) is 0 Å². The van der Waals surface area contributed by atoms with E-state index in [0.717, 1.165) is 0 Å². The number of aliphatic hydroxyl groups excluding tert-OH is 3. The predicted octanol–water partition coefficient (Wildman–Crippen LogP) is -2.69. The Kier molecular flexibility index (Phi) is 2.94. The van der Waals surface area contributed by atoms with E-state index in [2.05, 4.69) is 15.0 Å². The molecule has 108 valence electrons. The van der Waals surface area contributed by atoms with Gasteiger partial charge in [-0.2, -0.15) is 4.98 Å². The quantitative estimate of drug-likeness (QED) is 0.398. The minimum atomic E-state index is -1.29. The number of hydrogen-bond acceptors (Lipinski definition) is 8. The van der Waals surface area contributed by atoms with Crippen LogP contribution in [0.25, 0.3) is 11.2 Å². The van der Waals surface area contributed by atoms with Crippen LogP contribution in [0.2, 0.25) is 0 Å². The second-order valence-corrected chi connectivity index (χ2v) is 4.50. The number of nitrogens with one attached hydrogen (secondary N) is 1. The van der Waals surface area contributed by atoms with E-state index in [1.165, 1.54) is 10.9 Å². The zero-order valence-corrected chi connectivity index (χ0v) is 10.2. The lowest BCUT2D eigenvalue weighted by atomic mass is 10.1. The molecule has 2 aromatic rings. The number of ether oxygens (including phenoxy) is 1. The topological polar surface area (TPSA) is 160 Å². The summed E-state index contributed by atoms with van der Waals surface area (Å²) in [6.45, 7) is -0.447. The molecule has 0 radical (unpaired) electrons. The summed E-state index contributed by atoms with van der Waals surface area (Å²) in [6, 6.07) is 0. The summed E-state index contributed by atoms with van der Waals surface area (Å²) in [4.78, 5) is 21.8. The SMILES string of the molecule is Nc1nc2c(ncn2C2OC(CO)C(O)[C@H]2O)c(=O)[nH]1. The van der Waals surface area contributed by atoms with Gasteiger partial charge in [-0.05, 0) is 0 Å². The van der Waals surface area contributed by atoms with Gasteiger partial charge < -0.3 is 25.8 Å². The zero-order chi connectivity index (χ0) is 14.4. The first kappa shape index (κ1) is 13.0. The largest absolute Gasteiger partial charge is 0.394 e. The molecule has 0 spiro atoms. The highest BCUT2D eigenvalue weighted by Gasteiger charge is 2.44. The Labute approximate surface area is 111 Å². The van der Waals surface area contributed by atoms with Gasteiger partial charge in [0.1, 0.15) is 18.3 Å². The number of nitrogens with zero attached hydrogens (tertiary/aromatic N) is 3. The average molecular weight is 283 g/mol. The van der Waals surface area contributed by atoms with Crippen molar-refractivity contribution in [3.63, 3.8) is 0 Å². The van der Waals surface area contributed by atoms with Crippen LogP contribution in [-0.2, 0) is 4.74 Å². The van der Waals surface area contributed by atoms with Gasteiger partial charge in [-0.3, -0.25) is 14.3 Å². The van der Waals surface area contributed by atoms with Crippen molar-refractivity contribution in [3.05, 3.63) is 16.7 Å². The molecule has 10 heteroatoms. The standard InChI is InChI=1S/C10H13N5O5/c11-10-13-7-4(8(19)14-10)12-2-15(7)9-6(18)5(17)3(1-16)20-9/h2-3,5-6,9,16-18H,1H2,(H3,11,13,14,19)/t3?,5?,6-,9?/m1/s1. The van der Waals surface area contributed by atoms with Gasteiger partial charge in [0.2, 0.25) is 5.95 Å². The molecule has 3 heterocycles. The summed E-state index contributed by atoms with van der Waals surface area (Å²) in [5, 5.41) is 28.7. The maximum absolute atomic E-state index is 11.7. The Morgan fingerprint density at radius 2 is 2.20 bits per heavy atom. The van der Waals surface area contributed by atoms with E-state index in [4.69, 9.17) is 15.6 Å². The molecule has 0 aromatic carbocycles. The van der Waals surface area contributed by atoms with E-state index in [1.807, 2.05) is 0 Å². The van der Waals surface area contributed by atoms with Gasteiger partial charge in [0.05, 0.1) is 12.9 Å². The van der Waals surface area contributed by atoms with Gasteiger partial charge in [-0.15, -0.1) is 0 Å². The maximum Gasteiger partial charge on any atom is 0.280 e. The van der Waals surface area contributed by atoms with Crippen molar-refractivity contribution < 1.29 is 20.1 Å². The van der Waals surface area contributed by atoms with Crippen LogP contribution < -0.4 is 11.3 Å². The van der Waals surface area contributed by atoms with Gasteiger partial charge in [0.15, 0.2) is 17.4 Å². The highest BCUT2D eigenvalue weighted by molar-refractivity contribution is 5.70. The minimum absolute atomic E-state index is 0.0388. The van der Waals surface area contributed by atoms with Gasteiger partial charge in [-0.1, -0.05) is 0 Å². The second-order valence-electron chi connectivity index (χ2n) is 4.50. The summed E-state index contributed by atoms with van der Waals surface area (Å²) < 4.78 is 6.64. The summed E-state index contributed by atoms with van der Waals surface area (Å²) >= 11 is 0. The van der Waals surface area contributed by atoms with E-state index < -0.39 is 36.7 Å². The van der Waals surface area contributed by atoms with Crippen LogP contribution in [0.4, 0.5) is 5.95 Å². The molecule has 6 N–H and O–H groups in total. The smallest absolute Gasteiger partial charge is 0.280 e. The summed E-state index contributed by atoms with van der Waals surface area (Å²) in [6.07, 6.45) is -3.21. The predicted molar refractivity (Wildman–Crippen MR) is 65.6 cm³/mol. The molecule has 0 aliphatic carbocycles. The van der Waals surface area contributed by atoms with Crippen LogP contribution in [0.5, 0.6) is 0 Å². The first-order valence-electron chi connectivity index (χ1n) is 5.87. The Morgan fingerprint density at radius 3 is 2.85 bits per heavy atom. The van der Waals surface area contributed by atoms with Crippen LogP contribution >= 0.6 is 0 Å². The fourth-order valence-electron chi connectivity index (χ4n) is 2.24. The number of aliphatic hydroxyl groups is 3. The number of hydrogen-bond donors (Lipinski definition) is 5. The number of nitrogens with two attached hydrogens (primary N) is 1. The van der Waals surface area contributed by atoms with Crippen LogP contribution in [0.15, 0.2) is 11.1 Å². The zero-order valence-electron chi connectivity index (χ0n) is 10.2. The molecule has 3 rings (SSSR count). The minimum Gasteiger partial charge on any atom is -0.394 e. The lowest BCUT2D eigenvalue weighted by molar-refractivity contribution is -0.0511. The Hall–Kier alpha value is -2.01. The number of nitrogen functional groups attached to an aromatic ring is 1. The molecule has 20 heavy (non-hydrogen) atoms. The fraction of sp³-hybridized carbons (Fsp3) is 0.500. The Morgan fingerprint density at radius 1 is 1.45 bits per heavy atom. The van der Waals surface area contributed by atoms with Crippen molar-refractivity contribution in [3.8, 4) is 0 Å². The Balaban J connectivity index is 2.09.